The molecule has 0 fully saturated rings. The Morgan fingerprint density at radius 1 is 0.267 bits per heavy atom. The lowest BCUT2D eigenvalue weighted by molar-refractivity contribution is 1.28. The maximum atomic E-state index is 2.33. The van der Waals surface area contributed by atoms with Gasteiger partial charge in [0.2, 0.25) is 0 Å². The quantitative estimate of drug-likeness (QED) is 0.182. The molecule has 1 heteroatoms. The van der Waals surface area contributed by atoms with Gasteiger partial charge in [0, 0.05) is 17.1 Å². The van der Waals surface area contributed by atoms with Crippen LogP contribution in [0, 0.1) is 13.8 Å². The Kier molecular flexibility index (Phi) is 7.83. The van der Waals surface area contributed by atoms with E-state index in [-0.39, 0.29) is 0 Å². The highest BCUT2D eigenvalue weighted by molar-refractivity contribution is 5.81. The van der Waals surface area contributed by atoms with Crippen LogP contribution in [0.3, 0.4) is 0 Å². The lowest BCUT2D eigenvalue weighted by Crippen LogP contribution is -2.09. The number of hydrogen-bond acceptors (Lipinski definition) is 1. The zero-order valence-corrected chi connectivity index (χ0v) is 25.7. The second-order valence-electron chi connectivity index (χ2n) is 11.7. The molecule has 0 amide bonds. The highest BCUT2D eigenvalue weighted by Crippen LogP contribution is 2.38. The molecule has 0 bridgehead atoms. The molecule has 7 rings (SSSR count). The van der Waals surface area contributed by atoms with E-state index >= 15 is 0 Å². The van der Waals surface area contributed by atoms with Gasteiger partial charge in [-0.1, -0.05) is 145 Å². The molecule has 216 valence electrons. The maximum absolute atomic E-state index is 2.33. The summed E-state index contributed by atoms with van der Waals surface area (Å²) in [6.07, 6.45) is 0. The summed E-state index contributed by atoms with van der Waals surface area (Å²) in [5.74, 6) is 0. The zero-order valence-electron chi connectivity index (χ0n) is 25.7. The first-order valence-corrected chi connectivity index (χ1v) is 15.5. The predicted molar refractivity (Wildman–Crippen MR) is 192 cm³/mol. The molecular formula is C44H35N. The number of aryl methyl sites for hydroxylation is 2. The Balaban J connectivity index is 1.24. The first-order chi connectivity index (χ1) is 22.1. The summed E-state index contributed by atoms with van der Waals surface area (Å²) in [5, 5.41) is 0. The monoisotopic (exact) mass is 577 g/mol. The molecule has 0 aliphatic heterocycles. The maximum Gasteiger partial charge on any atom is 0.0462 e. The molecule has 7 aromatic rings. The van der Waals surface area contributed by atoms with Crippen molar-refractivity contribution in [2.45, 2.75) is 13.8 Å². The van der Waals surface area contributed by atoms with Crippen LogP contribution < -0.4 is 4.90 Å². The van der Waals surface area contributed by atoms with Gasteiger partial charge in [-0.2, -0.15) is 0 Å². The summed E-state index contributed by atoms with van der Waals surface area (Å²) < 4.78 is 0. The van der Waals surface area contributed by atoms with Gasteiger partial charge in [-0.25, -0.2) is 0 Å². The van der Waals surface area contributed by atoms with Crippen LogP contribution in [-0.4, -0.2) is 0 Å². The Morgan fingerprint density at radius 3 is 1.02 bits per heavy atom. The number of anilines is 3. The lowest BCUT2D eigenvalue weighted by atomic mass is 9.96. The van der Waals surface area contributed by atoms with E-state index in [0.717, 1.165) is 17.1 Å². The lowest BCUT2D eigenvalue weighted by Gasteiger charge is -2.26. The van der Waals surface area contributed by atoms with Gasteiger partial charge in [0.1, 0.15) is 0 Å². The molecule has 0 radical (unpaired) electrons. The van der Waals surface area contributed by atoms with Gasteiger partial charge in [0.05, 0.1) is 0 Å². The summed E-state index contributed by atoms with van der Waals surface area (Å²) in [4.78, 5) is 2.33. The van der Waals surface area contributed by atoms with E-state index < -0.39 is 0 Å². The van der Waals surface area contributed by atoms with E-state index in [2.05, 4.69) is 195 Å². The fraction of sp³-hybridized carbons (Fsp3) is 0.0455. The van der Waals surface area contributed by atoms with Crippen molar-refractivity contribution in [1.82, 2.24) is 0 Å². The van der Waals surface area contributed by atoms with Crippen LogP contribution in [0.1, 0.15) is 11.1 Å². The Labute approximate surface area is 266 Å². The fourth-order valence-corrected chi connectivity index (χ4v) is 6.14. The Hall–Kier alpha value is -5.66. The van der Waals surface area contributed by atoms with Gasteiger partial charge in [-0.05, 0) is 101 Å². The molecule has 0 unspecified atom stereocenters. The molecular weight excluding hydrogens is 542 g/mol. The predicted octanol–water partition coefficient (Wildman–Crippen LogP) is 12.4. The molecule has 0 spiro atoms. The molecule has 0 atom stereocenters. The van der Waals surface area contributed by atoms with Crippen LogP contribution in [0.2, 0.25) is 0 Å². The van der Waals surface area contributed by atoms with Crippen LogP contribution in [0.4, 0.5) is 17.1 Å². The van der Waals surface area contributed by atoms with Gasteiger partial charge < -0.3 is 4.90 Å². The van der Waals surface area contributed by atoms with Crippen molar-refractivity contribution in [2.24, 2.45) is 0 Å². The van der Waals surface area contributed by atoms with Crippen LogP contribution in [0.25, 0.3) is 44.5 Å². The molecule has 0 aliphatic rings. The third kappa shape index (κ3) is 6.20. The second-order valence-corrected chi connectivity index (χ2v) is 11.7. The van der Waals surface area contributed by atoms with Crippen molar-refractivity contribution in [3.8, 4) is 44.5 Å². The van der Waals surface area contributed by atoms with Crippen LogP contribution in [0.5, 0.6) is 0 Å². The van der Waals surface area contributed by atoms with Crippen molar-refractivity contribution >= 4 is 17.1 Å². The summed E-state index contributed by atoms with van der Waals surface area (Å²) in [5.41, 5.74) is 15.7. The van der Waals surface area contributed by atoms with E-state index in [0.29, 0.717) is 0 Å². The topological polar surface area (TPSA) is 3.24 Å². The van der Waals surface area contributed by atoms with Crippen molar-refractivity contribution in [1.29, 1.82) is 0 Å². The van der Waals surface area contributed by atoms with E-state index in [1.165, 1.54) is 55.6 Å². The highest BCUT2D eigenvalue weighted by Gasteiger charge is 2.14. The summed E-state index contributed by atoms with van der Waals surface area (Å²) in [6, 6.07) is 63.3. The molecule has 0 aromatic heterocycles. The molecule has 0 heterocycles. The van der Waals surface area contributed by atoms with E-state index in [9.17, 15) is 0 Å². The van der Waals surface area contributed by atoms with Crippen LogP contribution >= 0.6 is 0 Å². The van der Waals surface area contributed by atoms with Gasteiger partial charge in [-0.3, -0.25) is 0 Å². The average Bonchev–Trinajstić information content (AvgIpc) is 3.10. The van der Waals surface area contributed by atoms with Crippen molar-refractivity contribution in [2.75, 3.05) is 4.90 Å². The third-order valence-electron chi connectivity index (χ3n) is 8.34. The van der Waals surface area contributed by atoms with E-state index in [4.69, 9.17) is 0 Å². The summed E-state index contributed by atoms with van der Waals surface area (Å²) >= 11 is 0. The third-order valence-corrected chi connectivity index (χ3v) is 8.34. The number of benzene rings is 7. The minimum atomic E-state index is 1.11. The first kappa shape index (κ1) is 28.1. The van der Waals surface area contributed by atoms with Gasteiger partial charge in [-0.15, -0.1) is 0 Å². The van der Waals surface area contributed by atoms with E-state index in [1.54, 1.807) is 0 Å². The van der Waals surface area contributed by atoms with Crippen molar-refractivity contribution < 1.29 is 0 Å². The van der Waals surface area contributed by atoms with Gasteiger partial charge in [0.15, 0.2) is 0 Å². The molecule has 1 nitrogen and oxygen atoms in total. The first-order valence-electron chi connectivity index (χ1n) is 15.5. The highest BCUT2D eigenvalue weighted by atomic mass is 15.1. The van der Waals surface area contributed by atoms with Gasteiger partial charge >= 0.3 is 0 Å². The molecule has 0 saturated heterocycles. The molecule has 0 saturated carbocycles. The van der Waals surface area contributed by atoms with E-state index in [1.807, 2.05) is 0 Å². The van der Waals surface area contributed by atoms with Gasteiger partial charge in [0.25, 0.3) is 0 Å². The average molecular weight is 578 g/mol. The summed E-state index contributed by atoms with van der Waals surface area (Å²) in [6.45, 7) is 4.32. The molecule has 45 heavy (non-hydrogen) atoms. The van der Waals surface area contributed by atoms with Crippen LogP contribution in [0.15, 0.2) is 176 Å². The Morgan fingerprint density at radius 2 is 0.600 bits per heavy atom. The Bertz CT molecular complexity index is 1920. The fourth-order valence-electron chi connectivity index (χ4n) is 6.14. The standard InChI is InChI=1S/C44H35N/c1-32-28-33(2)30-41(29-32)40-15-9-14-39(31-40)38-20-26-44(27-21-38)45(42-22-16-36(17-23-42)34-10-5-3-6-11-34)43-24-18-37(19-25-43)35-12-7-4-8-13-35/h3-31H,1-2H3. The normalized spacial score (nSPS) is 10.9. The number of hydrogen-bond donors (Lipinski definition) is 0. The molecule has 7 aromatic carbocycles. The second kappa shape index (κ2) is 12.5. The SMILES string of the molecule is Cc1cc(C)cc(-c2cccc(-c3ccc(N(c4ccc(-c5ccccc5)cc4)c4ccc(-c5ccccc5)cc4)cc3)c2)c1. The minimum absolute atomic E-state index is 1.11. The van der Waals surface area contributed by atoms with Crippen molar-refractivity contribution in [3.63, 3.8) is 0 Å². The molecule has 0 aliphatic carbocycles. The largest absolute Gasteiger partial charge is 0.311 e. The smallest absolute Gasteiger partial charge is 0.0462 e. The zero-order chi connectivity index (χ0) is 30.6. The van der Waals surface area contributed by atoms with Crippen molar-refractivity contribution in [3.05, 3.63) is 187 Å². The number of nitrogens with zero attached hydrogens (tertiary/aromatic N) is 1. The summed E-state index contributed by atoms with van der Waals surface area (Å²) in [7, 11) is 0. The molecule has 0 N–H and O–H groups in total. The number of rotatable bonds is 7. The minimum Gasteiger partial charge on any atom is -0.311 e. The van der Waals surface area contributed by atoms with Crippen LogP contribution in [-0.2, 0) is 0 Å².